The van der Waals surface area contributed by atoms with E-state index in [1.54, 1.807) is 0 Å². The molecule has 0 aromatic rings. The van der Waals surface area contributed by atoms with Crippen molar-refractivity contribution in [3.05, 3.63) is 0 Å². The van der Waals surface area contributed by atoms with E-state index in [2.05, 4.69) is 6.92 Å². The molecule has 92 valence electrons. The third kappa shape index (κ3) is 7.62. The van der Waals surface area contributed by atoms with E-state index in [9.17, 15) is 13.2 Å². The molecule has 0 aromatic heterocycles. The van der Waals surface area contributed by atoms with Gasteiger partial charge in [-0.1, -0.05) is 26.2 Å². The van der Waals surface area contributed by atoms with Crippen molar-refractivity contribution in [1.82, 2.24) is 4.90 Å². The van der Waals surface area contributed by atoms with Crippen molar-refractivity contribution in [3.63, 3.8) is 0 Å². The van der Waals surface area contributed by atoms with Gasteiger partial charge >= 0.3 is 6.18 Å². The number of unbranched alkanes of at least 4 members (excludes halogenated alkanes) is 2. The Morgan fingerprint density at radius 1 is 1.27 bits per heavy atom. The molecule has 0 rings (SSSR count). The van der Waals surface area contributed by atoms with Gasteiger partial charge in [0.1, 0.15) is 0 Å². The van der Waals surface area contributed by atoms with E-state index < -0.39 is 12.7 Å². The average Bonchev–Trinajstić information content (AvgIpc) is 2.09. The fraction of sp³-hybridized carbons (Fsp3) is 1.00. The van der Waals surface area contributed by atoms with Gasteiger partial charge in [-0.3, -0.25) is 4.90 Å². The Morgan fingerprint density at radius 3 is 2.27 bits per heavy atom. The molecule has 0 spiro atoms. The van der Waals surface area contributed by atoms with Crippen LogP contribution in [0.15, 0.2) is 0 Å². The van der Waals surface area contributed by atoms with Gasteiger partial charge in [0.2, 0.25) is 0 Å². The third-order valence-corrected chi connectivity index (χ3v) is 2.47. The molecule has 0 heterocycles. The van der Waals surface area contributed by atoms with Crippen molar-refractivity contribution in [1.29, 1.82) is 0 Å². The molecule has 0 aliphatic heterocycles. The molecule has 1 unspecified atom stereocenters. The fourth-order valence-corrected chi connectivity index (χ4v) is 1.56. The van der Waals surface area contributed by atoms with Crippen molar-refractivity contribution in [2.75, 3.05) is 20.1 Å². The highest BCUT2D eigenvalue weighted by Crippen LogP contribution is 2.18. The van der Waals surface area contributed by atoms with E-state index in [0.717, 1.165) is 25.7 Å². The third-order valence-electron chi connectivity index (χ3n) is 2.47. The summed E-state index contributed by atoms with van der Waals surface area (Å²) in [6.45, 7) is 1.48. The quantitative estimate of drug-likeness (QED) is 0.675. The molecule has 0 amide bonds. The standard InChI is InChI=1S/C10H21F3N2/c1-3-4-5-6-9(7-14)15(2)8-10(11,12)13/h9H,3-8,14H2,1-2H3. The van der Waals surface area contributed by atoms with E-state index in [-0.39, 0.29) is 12.6 Å². The Labute approximate surface area is 89.6 Å². The lowest BCUT2D eigenvalue weighted by atomic mass is 10.1. The van der Waals surface area contributed by atoms with Crippen molar-refractivity contribution in [2.24, 2.45) is 5.73 Å². The number of hydrogen-bond acceptors (Lipinski definition) is 2. The Morgan fingerprint density at radius 2 is 1.87 bits per heavy atom. The first kappa shape index (κ1) is 14.7. The largest absolute Gasteiger partial charge is 0.401 e. The van der Waals surface area contributed by atoms with E-state index in [1.165, 1.54) is 11.9 Å². The minimum Gasteiger partial charge on any atom is -0.329 e. The summed E-state index contributed by atoms with van der Waals surface area (Å²) < 4.78 is 36.3. The van der Waals surface area contributed by atoms with Crippen LogP contribution in [-0.4, -0.2) is 37.3 Å². The van der Waals surface area contributed by atoms with Gasteiger partial charge in [0, 0.05) is 12.6 Å². The second-order valence-corrected chi connectivity index (χ2v) is 3.92. The van der Waals surface area contributed by atoms with Gasteiger partial charge < -0.3 is 5.73 Å². The molecule has 0 aliphatic rings. The van der Waals surface area contributed by atoms with Crippen LogP contribution >= 0.6 is 0 Å². The van der Waals surface area contributed by atoms with Crippen LogP contribution in [0.1, 0.15) is 32.6 Å². The van der Waals surface area contributed by atoms with Gasteiger partial charge in [-0.25, -0.2) is 0 Å². The summed E-state index contributed by atoms with van der Waals surface area (Å²) in [6, 6.07) is -0.154. The second-order valence-electron chi connectivity index (χ2n) is 3.92. The van der Waals surface area contributed by atoms with Gasteiger partial charge in [0.25, 0.3) is 0 Å². The number of nitrogens with zero attached hydrogens (tertiary/aromatic N) is 1. The summed E-state index contributed by atoms with van der Waals surface area (Å²) in [5, 5.41) is 0. The predicted octanol–water partition coefficient (Wildman–Crippen LogP) is 2.39. The lowest BCUT2D eigenvalue weighted by molar-refractivity contribution is -0.147. The van der Waals surface area contributed by atoms with E-state index in [4.69, 9.17) is 5.73 Å². The van der Waals surface area contributed by atoms with Gasteiger partial charge in [-0.15, -0.1) is 0 Å². The van der Waals surface area contributed by atoms with Crippen LogP contribution < -0.4 is 5.73 Å². The number of rotatable bonds is 7. The molecule has 0 bridgehead atoms. The highest BCUT2D eigenvalue weighted by atomic mass is 19.4. The first-order chi connectivity index (χ1) is 6.90. The maximum atomic E-state index is 12.1. The van der Waals surface area contributed by atoms with Gasteiger partial charge in [-0.05, 0) is 13.5 Å². The van der Waals surface area contributed by atoms with Crippen LogP contribution in [0.4, 0.5) is 13.2 Å². The lowest BCUT2D eigenvalue weighted by Gasteiger charge is -2.27. The van der Waals surface area contributed by atoms with Crippen LogP contribution in [0.2, 0.25) is 0 Å². The molecule has 2 nitrogen and oxygen atoms in total. The molecule has 0 saturated heterocycles. The zero-order valence-corrected chi connectivity index (χ0v) is 9.48. The van der Waals surface area contributed by atoms with Crippen LogP contribution in [0, 0.1) is 0 Å². The minimum absolute atomic E-state index is 0.154. The fourth-order valence-electron chi connectivity index (χ4n) is 1.56. The summed E-state index contributed by atoms with van der Waals surface area (Å²) >= 11 is 0. The Kier molecular flexibility index (Phi) is 6.92. The van der Waals surface area contributed by atoms with Crippen LogP contribution in [0.25, 0.3) is 0 Å². The predicted molar refractivity (Wildman–Crippen MR) is 55.7 cm³/mol. The number of likely N-dealkylation sites (N-methyl/N-ethyl adjacent to an activating group) is 1. The summed E-state index contributed by atoms with van der Waals surface area (Å²) in [4.78, 5) is 1.30. The first-order valence-electron chi connectivity index (χ1n) is 5.37. The van der Waals surface area contributed by atoms with Crippen molar-refractivity contribution >= 4 is 0 Å². The van der Waals surface area contributed by atoms with Crippen molar-refractivity contribution in [3.8, 4) is 0 Å². The minimum atomic E-state index is -4.13. The average molecular weight is 226 g/mol. The Balaban J connectivity index is 3.93. The normalized spacial score (nSPS) is 14.6. The monoisotopic (exact) mass is 226 g/mol. The Hall–Kier alpha value is -0.290. The molecule has 5 heteroatoms. The molecule has 2 N–H and O–H groups in total. The van der Waals surface area contributed by atoms with E-state index >= 15 is 0 Å². The van der Waals surface area contributed by atoms with E-state index in [1.807, 2.05) is 0 Å². The number of alkyl halides is 3. The van der Waals surface area contributed by atoms with E-state index in [0.29, 0.717) is 0 Å². The molecule has 0 aliphatic carbocycles. The highest BCUT2D eigenvalue weighted by molar-refractivity contribution is 4.72. The van der Waals surface area contributed by atoms with Gasteiger partial charge in [-0.2, -0.15) is 13.2 Å². The molecular formula is C10H21F3N2. The number of halogens is 3. The number of nitrogens with two attached hydrogens (primary N) is 1. The van der Waals surface area contributed by atoms with Crippen molar-refractivity contribution in [2.45, 2.75) is 44.8 Å². The molecule has 1 atom stereocenters. The maximum absolute atomic E-state index is 12.1. The number of hydrogen-bond donors (Lipinski definition) is 1. The zero-order valence-electron chi connectivity index (χ0n) is 9.48. The summed E-state index contributed by atoms with van der Waals surface area (Å²) in [6.07, 6.45) is -0.318. The smallest absolute Gasteiger partial charge is 0.329 e. The topological polar surface area (TPSA) is 29.3 Å². The molecule has 0 saturated carbocycles. The molecule has 0 radical (unpaired) electrons. The molecule has 0 aromatic carbocycles. The van der Waals surface area contributed by atoms with Crippen molar-refractivity contribution < 1.29 is 13.2 Å². The molecular weight excluding hydrogens is 205 g/mol. The molecule has 15 heavy (non-hydrogen) atoms. The maximum Gasteiger partial charge on any atom is 0.401 e. The molecule has 0 fully saturated rings. The van der Waals surface area contributed by atoms with Gasteiger partial charge in [0.15, 0.2) is 0 Å². The second kappa shape index (κ2) is 7.06. The van der Waals surface area contributed by atoms with Crippen LogP contribution in [-0.2, 0) is 0 Å². The van der Waals surface area contributed by atoms with Crippen LogP contribution in [0.3, 0.4) is 0 Å². The summed E-state index contributed by atoms with van der Waals surface area (Å²) in [7, 11) is 1.48. The highest BCUT2D eigenvalue weighted by Gasteiger charge is 2.31. The SMILES string of the molecule is CCCCCC(CN)N(C)CC(F)(F)F. The zero-order chi connectivity index (χ0) is 11.9. The summed E-state index contributed by atoms with van der Waals surface area (Å²) in [5.41, 5.74) is 5.47. The lowest BCUT2D eigenvalue weighted by Crippen LogP contribution is -2.42. The summed E-state index contributed by atoms with van der Waals surface area (Å²) in [5.74, 6) is 0. The Bertz CT molecular complexity index is 159. The van der Waals surface area contributed by atoms with Gasteiger partial charge in [0.05, 0.1) is 6.54 Å². The van der Waals surface area contributed by atoms with Crippen LogP contribution in [0.5, 0.6) is 0 Å². The first-order valence-corrected chi connectivity index (χ1v) is 5.37.